The van der Waals surface area contributed by atoms with E-state index in [2.05, 4.69) is 15.3 Å². The number of aryl methyl sites for hydroxylation is 1. The standard InChI is InChI=1S/C12H12N4OS/c1-16-7-9(8-3-2-4-13-10(8)16)11(17)15-12-14-5-6-18-12/h2-4,7H,5-6H2,1H3,(H,14,15,17). The fourth-order valence-corrected chi connectivity index (χ4v) is 2.71. The number of aliphatic imine (C=N–C) groups is 1. The number of carbonyl (C=O) groups is 1. The molecule has 0 atom stereocenters. The van der Waals surface area contributed by atoms with Crippen LogP contribution in [0.1, 0.15) is 10.4 Å². The molecule has 0 saturated carbocycles. The molecule has 1 aliphatic heterocycles. The maximum absolute atomic E-state index is 12.1. The van der Waals surface area contributed by atoms with E-state index in [1.54, 1.807) is 24.2 Å². The van der Waals surface area contributed by atoms with E-state index in [-0.39, 0.29) is 5.91 Å². The average Bonchev–Trinajstić information content (AvgIpc) is 2.98. The third-order valence-corrected chi connectivity index (χ3v) is 3.70. The number of rotatable bonds is 1. The first-order valence-corrected chi connectivity index (χ1v) is 6.64. The molecule has 1 N–H and O–H groups in total. The Morgan fingerprint density at radius 3 is 3.28 bits per heavy atom. The summed E-state index contributed by atoms with van der Waals surface area (Å²) in [5.41, 5.74) is 1.40. The lowest BCUT2D eigenvalue weighted by Gasteiger charge is -1.95. The van der Waals surface area contributed by atoms with E-state index in [4.69, 9.17) is 0 Å². The second-order valence-corrected chi connectivity index (χ2v) is 5.11. The summed E-state index contributed by atoms with van der Waals surface area (Å²) in [4.78, 5) is 20.5. The fraction of sp³-hybridized carbons (Fsp3) is 0.250. The van der Waals surface area contributed by atoms with E-state index in [0.29, 0.717) is 10.7 Å². The summed E-state index contributed by atoms with van der Waals surface area (Å²) in [6.07, 6.45) is 3.50. The zero-order valence-corrected chi connectivity index (χ0v) is 10.7. The van der Waals surface area contributed by atoms with Crippen molar-refractivity contribution in [2.24, 2.45) is 12.0 Å². The zero-order chi connectivity index (χ0) is 12.5. The maximum Gasteiger partial charge on any atom is 0.281 e. The lowest BCUT2D eigenvalue weighted by atomic mass is 10.2. The van der Waals surface area contributed by atoms with Crippen LogP contribution in [0.2, 0.25) is 0 Å². The van der Waals surface area contributed by atoms with Crippen LogP contribution >= 0.6 is 11.8 Å². The van der Waals surface area contributed by atoms with E-state index in [1.807, 2.05) is 23.7 Å². The summed E-state index contributed by atoms with van der Waals surface area (Å²) < 4.78 is 1.85. The largest absolute Gasteiger partial charge is 0.364 e. The summed E-state index contributed by atoms with van der Waals surface area (Å²) in [6, 6.07) is 3.72. The molecule has 0 radical (unpaired) electrons. The Balaban J connectivity index is 2.04. The Labute approximate surface area is 108 Å². The fourth-order valence-electron chi connectivity index (χ4n) is 1.96. The Kier molecular flexibility index (Phi) is 2.79. The van der Waals surface area contributed by atoms with Gasteiger partial charge in [0, 0.05) is 37.1 Å². The Morgan fingerprint density at radius 1 is 1.61 bits per heavy atom. The first kappa shape index (κ1) is 11.3. The van der Waals surface area contributed by atoms with Gasteiger partial charge in [-0.05, 0) is 12.1 Å². The van der Waals surface area contributed by atoms with Crippen molar-refractivity contribution in [3.63, 3.8) is 0 Å². The van der Waals surface area contributed by atoms with Crippen LogP contribution in [-0.2, 0) is 7.05 Å². The highest BCUT2D eigenvalue weighted by Gasteiger charge is 2.16. The highest BCUT2D eigenvalue weighted by molar-refractivity contribution is 8.14. The Bertz CT molecular complexity index is 639. The van der Waals surface area contributed by atoms with Crippen LogP contribution < -0.4 is 5.32 Å². The molecule has 3 rings (SSSR count). The normalized spacial score (nSPS) is 17.3. The molecular formula is C12H12N4OS. The molecule has 18 heavy (non-hydrogen) atoms. The molecule has 1 saturated heterocycles. The predicted molar refractivity (Wildman–Crippen MR) is 72.9 cm³/mol. The van der Waals surface area contributed by atoms with Crippen LogP contribution in [0.15, 0.2) is 29.5 Å². The van der Waals surface area contributed by atoms with Crippen molar-refractivity contribution in [3.05, 3.63) is 30.1 Å². The van der Waals surface area contributed by atoms with Gasteiger partial charge in [-0.1, -0.05) is 11.8 Å². The summed E-state index contributed by atoms with van der Waals surface area (Å²) in [7, 11) is 1.88. The van der Waals surface area contributed by atoms with Gasteiger partial charge in [-0.25, -0.2) is 4.98 Å². The van der Waals surface area contributed by atoms with Gasteiger partial charge >= 0.3 is 0 Å². The molecular weight excluding hydrogens is 248 g/mol. The summed E-state index contributed by atoms with van der Waals surface area (Å²) >= 11 is 1.57. The molecule has 2 aromatic rings. The van der Waals surface area contributed by atoms with E-state index in [0.717, 1.165) is 23.3 Å². The minimum Gasteiger partial charge on any atom is -0.364 e. The molecule has 2 aromatic heterocycles. The third kappa shape index (κ3) is 1.88. The maximum atomic E-state index is 12.1. The molecule has 1 fully saturated rings. The van der Waals surface area contributed by atoms with Gasteiger partial charge in [0.15, 0.2) is 5.17 Å². The van der Waals surface area contributed by atoms with Gasteiger partial charge in [-0.3, -0.25) is 4.79 Å². The van der Waals surface area contributed by atoms with Crippen molar-refractivity contribution in [2.75, 3.05) is 12.3 Å². The van der Waals surface area contributed by atoms with Crippen molar-refractivity contribution in [1.82, 2.24) is 14.9 Å². The van der Waals surface area contributed by atoms with Crippen molar-refractivity contribution in [2.45, 2.75) is 0 Å². The van der Waals surface area contributed by atoms with Crippen LogP contribution in [0.4, 0.5) is 0 Å². The smallest absolute Gasteiger partial charge is 0.281 e. The van der Waals surface area contributed by atoms with Crippen LogP contribution in [0.3, 0.4) is 0 Å². The lowest BCUT2D eigenvalue weighted by molar-refractivity contribution is 0.100. The van der Waals surface area contributed by atoms with Gasteiger partial charge in [0.2, 0.25) is 0 Å². The number of nitrogens with zero attached hydrogens (tertiary/aromatic N) is 3. The van der Waals surface area contributed by atoms with Gasteiger partial charge in [-0.15, -0.1) is 0 Å². The Morgan fingerprint density at radius 2 is 2.50 bits per heavy atom. The van der Waals surface area contributed by atoms with Crippen molar-refractivity contribution < 1.29 is 4.79 Å². The SMILES string of the molecule is Cn1cc(C(=O)/N=C2/NCCS2)c2cccnc21. The van der Waals surface area contributed by atoms with E-state index >= 15 is 0 Å². The van der Waals surface area contributed by atoms with Crippen molar-refractivity contribution in [3.8, 4) is 0 Å². The number of hydrogen-bond donors (Lipinski definition) is 1. The minimum absolute atomic E-state index is 0.217. The molecule has 92 valence electrons. The second-order valence-electron chi connectivity index (χ2n) is 4.03. The van der Waals surface area contributed by atoms with Gasteiger partial charge in [0.1, 0.15) is 5.65 Å². The highest BCUT2D eigenvalue weighted by atomic mass is 32.2. The lowest BCUT2D eigenvalue weighted by Crippen LogP contribution is -2.14. The first-order valence-electron chi connectivity index (χ1n) is 5.65. The summed E-state index contributed by atoms with van der Waals surface area (Å²) in [5, 5.41) is 4.64. The van der Waals surface area contributed by atoms with E-state index < -0.39 is 0 Å². The quantitative estimate of drug-likeness (QED) is 0.842. The number of amidine groups is 1. The summed E-state index contributed by atoms with van der Waals surface area (Å²) in [5.74, 6) is 0.744. The average molecular weight is 260 g/mol. The molecule has 1 aliphatic rings. The number of fused-ring (bicyclic) bond motifs is 1. The molecule has 0 unspecified atom stereocenters. The number of nitrogens with one attached hydrogen (secondary N) is 1. The molecule has 0 bridgehead atoms. The van der Waals surface area contributed by atoms with Crippen LogP contribution in [0.5, 0.6) is 0 Å². The number of pyridine rings is 1. The minimum atomic E-state index is -0.217. The number of hydrogen-bond acceptors (Lipinski definition) is 3. The molecule has 6 heteroatoms. The van der Waals surface area contributed by atoms with Crippen LogP contribution in [0, 0.1) is 0 Å². The van der Waals surface area contributed by atoms with E-state index in [1.165, 1.54) is 0 Å². The third-order valence-electron chi connectivity index (χ3n) is 2.78. The van der Waals surface area contributed by atoms with Crippen LogP contribution in [-0.4, -0.2) is 32.9 Å². The van der Waals surface area contributed by atoms with Gasteiger partial charge < -0.3 is 9.88 Å². The number of carbonyl (C=O) groups excluding carboxylic acids is 1. The van der Waals surface area contributed by atoms with Gasteiger partial charge in [0.25, 0.3) is 5.91 Å². The molecule has 5 nitrogen and oxygen atoms in total. The second kappa shape index (κ2) is 4.45. The van der Waals surface area contributed by atoms with Crippen LogP contribution in [0.25, 0.3) is 11.0 Å². The molecule has 1 amide bonds. The molecule has 0 spiro atoms. The highest BCUT2D eigenvalue weighted by Crippen LogP contribution is 2.20. The predicted octanol–water partition coefficient (Wildman–Crippen LogP) is 1.41. The number of aromatic nitrogens is 2. The van der Waals surface area contributed by atoms with Gasteiger partial charge in [0.05, 0.1) is 5.56 Å². The summed E-state index contributed by atoms with van der Waals surface area (Å²) in [6.45, 7) is 0.869. The van der Waals surface area contributed by atoms with Crippen molar-refractivity contribution in [1.29, 1.82) is 0 Å². The monoisotopic (exact) mass is 260 g/mol. The molecule has 0 aromatic carbocycles. The zero-order valence-electron chi connectivity index (χ0n) is 9.88. The Hall–Kier alpha value is -1.82. The number of amides is 1. The van der Waals surface area contributed by atoms with E-state index in [9.17, 15) is 4.79 Å². The topological polar surface area (TPSA) is 59.3 Å². The molecule has 3 heterocycles. The van der Waals surface area contributed by atoms with Gasteiger partial charge in [-0.2, -0.15) is 4.99 Å². The first-order chi connectivity index (χ1) is 8.75. The van der Waals surface area contributed by atoms with Crippen molar-refractivity contribution >= 4 is 33.9 Å². The number of thioether (sulfide) groups is 1. The molecule has 0 aliphatic carbocycles.